The number of halogens is 2. The Morgan fingerprint density at radius 2 is 2.18 bits per heavy atom. The summed E-state index contributed by atoms with van der Waals surface area (Å²) in [5.41, 5.74) is 1.23. The second-order valence-corrected chi connectivity index (χ2v) is 8.14. The van der Waals surface area contributed by atoms with Crippen molar-refractivity contribution in [2.75, 3.05) is 6.26 Å². The molecule has 1 aliphatic rings. The minimum absolute atomic E-state index is 0.196. The van der Waals surface area contributed by atoms with Crippen molar-refractivity contribution >= 4 is 38.7 Å². The van der Waals surface area contributed by atoms with E-state index < -0.39 is 21.9 Å². The van der Waals surface area contributed by atoms with Crippen LogP contribution in [0, 0.1) is 5.82 Å². The van der Waals surface area contributed by atoms with E-state index in [1.165, 1.54) is 29.5 Å². The highest BCUT2D eigenvalue weighted by Crippen LogP contribution is 2.38. The predicted octanol–water partition coefficient (Wildman–Crippen LogP) is 3.65. The molecule has 0 N–H and O–H groups in total. The summed E-state index contributed by atoms with van der Waals surface area (Å²) < 4.78 is 38.3. The molecule has 2 aromatic rings. The lowest BCUT2D eigenvalue weighted by Crippen LogP contribution is -2.26. The Kier molecular flexibility index (Phi) is 3.96. The Bertz CT molecular complexity index is 835. The maximum Gasteiger partial charge on any atom is 0.247 e. The highest BCUT2D eigenvalue weighted by molar-refractivity contribution is 7.88. The average Bonchev–Trinajstić information content (AvgIpc) is 3.06. The molecule has 0 radical (unpaired) electrons. The number of hydrogen-bond donors (Lipinski definition) is 0. The molecule has 0 spiro atoms. The molecule has 0 saturated carbocycles. The summed E-state index contributed by atoms with van der Waals surface area (Å²) in [4.78, 5) is 0.911. The highest BCUT2D eigenvalue weighted by atomic mass is 35.5. The molecule has 116 valence electrons. The fourth-order valence-corrected chi connectivity index (χ4v) is 4.30. The van der Waals surface area contributed by atoms with Crippen molar-refractivity contribution < 1.29 is 12.8 Å². The van der Waals surface area contributed by atoms with Crippen LogP contribution in [0.3, 0.4) is 0 Å². The van der Waals surface area contributed by atoms with Crippen molar-refractivity contribution in [1.82, 2.24) is 4.41 Å². The first-order valence-corrected chi connectivity index (χ1v) is 9.52. The standard InChI is InChI=1S/C14H12ClFN2O2S2/c1-22(19,20)18-13(10-5-4-9(16)7-11(10)15)8-12(17-18)14-3-2-6-21-14/h2-7,13H,8H2,1H3/t13-/m0/s1. The van der Waals surface area contributed by atoms with E-state index in [9.17, 15) is 12.8 Å². The predicted molar refractivity (Wildman–Crippen MR) is 86.3 cm³/mol. The van der Waals surface area contributed by atoms with E-state index in [0.717, 1.165) is 15.5 Å². The normalized spacial score (nSPS) is 18.6. The number of hydrogen-bond acceptors (Lipinski definition) is 4. The van der Waals surface area contributed by atoms with Crippen LogP contribution < -0.4 is 0 Å². The van der Waals surface area contributed by atoms with Crippen molar-refractivity contribution in [1.29, 1.82) is 0 Å². The van der Waals surface area contributed by atoms with Crippen LogP contribution in [-0.2, 0) is 10.0 Å². The van der Waals surface area contributed by atoms with Gasteiger partial charge in [0.15, 0.2) is 0 Å². The van der Waals surface area contributed by atoms with Gasteiger partial charge in [-0.15, -0.1) is 11.3 Å². The van der Waals surface area contributed by atoms with E-state index in [-0.39, 0.29) is 5.02 Å². The van der Waals surface area contributed by atoms with Gasteiger partial charge in [-0.25, -0.2) is 12.8 Å². The Morgan fingerprint density at radius 1 is 1.41 bits per heavy atom. The molecule has 1 aliphatic heterocycles. The largest absolute Gasteiger partial charge is 0.247 e. The minimum atomic E-state index is -3.55. The maximum absolute atomic E-state index is 13.2. The molecule has 0 saturated heterocycles. The summed E-state index contributed by atoms with van der Waals surface area (Å²) in [5.74, 6) is -0.461. The molecule has 0 aliphatic carbocycles. The van der Waals surface area contributed by atoms with Crippen LogP contribution in [0.25, 0.3) is 0 Å². The van der Waals surface area contributed by atoms with Crippen LogP contribution in [-0.4, -0.2) is 24.8 Å². The summed E-state index contributed by atoms with van der Waals surface area (Å²) in [6.07, 6.45) is 1.50. The Hall–Kier alpha value is -1.44. The lowest BCUT2D eigenvalue weighted by Gasteiger charge is -2.22. The van der Waals surface area contributed by atoms with Gasteiger partial charge in [-0.2, -0.15) is 9.52 Å². The van der Waals surface area contributed by atoms with Gasteiger partial charge in [-0.05, 0) is 29.1 Å². The van der Waals surface area contributed by atoms with Gasteiger partial charge in [-0.1, -0.05) is 23.7 Å². The third-order valence-electron chi connectivity index (χ3n) is 3.34. The molecule has 0 fully saturated rings. The van der Waals surface area contributed by atoms with E-state index in [1.54, 1.807) is 0 Å². The van der Waals surface area contributed by atoms with Crippen molar-refractivity contribution in [3.05, 3.63) is 57.0 Å². The summed E-state index contributed by atoms with van der Waals surface area (Å²) >= 11 is 7.58. The Balaban J connectivity index is 2.04. The zero-order valence-corrected chi connectivity index (χ0v) is 13.9. The molecule has 8 heteroatoms. The number of sulfonamides is 1. The molecule has 3 rings (SSSR count). The molecule has 4 nitrogen and oxygen atoms in total. The summed E-state index contributed by atoms with van der Waals surface area (Å²) in [7, 11) is -3.55. The van der Waals surface area contributed by atoms with E-state index in [1.807, 2.05) is 17.5 Å². The number of nitrogens with zero attached hydrogens (tertiary/aromatic N) is 2. The molecule has 0 bridgehead atoms. The third-order valence-corrected chi connectivity index (χ3v) is 5.60. The van der Waals surface area contributed by atoms with E-state index >= 15 is 0 Å². The second-order valence-electron chi connectivity index (χ2n) is 4.95. The fraction of sp³-hybridized carbons (Fsp3) is 0.214. The summed E-state index contributed by atoms with van der Waals surface area (Å²) in [6.45, 7) is 0. The molecule has 1 atom stereocenters. The Morgan fingerprint density at radius 3 is 2.77 bits per heavy atom. The number of rotatable bonds is 3. The van der Waals surface area contributed by atoms with E-state index in [0.29, 0.717) is 17.7 Å². The maximum atomic E-state index is 13.2. The van der Waals surface area contributed by atoms with Gasteiger partial charge in [0, 0.05) is 11.4 Å². The number of benzene rings is 1. The van der Waals surface area contributed by atoms with Crippen LogP contribution in [0.2, 0.25) is 5.02 Å². The van der Waals surface area contributed by atoms with Gasteiger partial charge in [0.25, 0.3) is 0 Å². The summed E-state index contributed by atoms with van der Waals surface area (Å²) in [5, 5.41) is 6.34. The van der Waals surface area contributed by atoms with Crippen molar-refractivity contribution in [2.45, 2.75) is 12.5 Å². The highest BCUT2D eigenvalue weighted by Gasteiger charge is 2.35. The topological polar surface area (TPSA) is 49.7 Å². The van der Waals surface area contributed by atoms with Gasteiger partial charge < -0.3 is 0 Å². The molecule has 22 heavy (non-hydrogen) atoms. The monoisotopic (exact) mass is 358 g/mol. The molecular weight excluding hydrogens is 347 g/mol. The smallest absolute Gasteiger partial charge is 0.207 e. The SMILES string of the molecule is CS(=O)(=O)N1N=C(c2cccs2)C[C@H]1c1ccc(F)cc1Cl. The van der Waals surface area contributed by atoms with Crippen LogP contribution in [0.4, 0.5) is 4.39 Å². The second kappa shape index (κ2) is 5.64. The van der Waals surface area contributed by atoms with Crippen molar-refractivity contribution in [3.63, 3.8) is 0 Å². The third kappa shape index (κ3) is 2.88. The van der Waals surface area contributed by atoms with Gasteiger partial charge in [0.2, 0.25) is 10.0 Å². The van der Waals surface area contributed by atoms with Crippen LogP contribution in [0.15, 0.2) is 40.8 Å². The first-order chi connectivity index (χ1) is 10.4. The Labute approximate surface area is 136 Å². The molecular formula is C14H12ClFN2O2S2. The van der Waals surface area contributed by atoms with Gasteiger partial charge in [-0.3, -0.25) is 0 Å². The van der Waals surface area contributed by atoms with Crippen LogP contribution in [0.1, 0.15) is 22.9 Å². The quantitative estimate of drug-likeness (QED) is 0.840. The minimum Gasteiger partial charge on any atom is -0.207 e. The lowest BCUT2D eigenvalue weighted by atomic mass is 10.0. The first-order valence-electron chi connectivity index (χ1n) is 6.42. The zero-order valence-electron chi connectivity index (χ0n) is 11.5. The molecule has 2 heterocycles. The molecule has 0 amide bonds. The van der Waals surface area contributed by atoms with Gasteiger partial charge in [0.05, 0.1) is 22.9 Å². The lowest BCUT2D eigenvalue weighted by molar-refractivity contribution is 0.374. The van der Waals surface area contributed by atoms with Crippen LogP contribution in [0.5, 0.6) is 0 Å². The number of hydrazone groups is 1. The summed E-state index contributed by atoms with van der Waals surface area (Å²) in [6, 6.07) is 7.17. The fourth-order valence-electron chi connectivity index (χ4n) is 2.39. The van der Waals surface area contributed by atoms with Crippen molar-refractivity contribution in [2.24, 2.45) is 5.10 Å². The number of thiophene rings is 1. The average molecular weight is 359 g/mol. The van der Waals surface area contributed by atoms with Gasteiger partial charge >= 0.3 is 0 Å². The molecule has 1 aromatic heterocycles. The van der Waals surface area contributed by atoms with Crippen LogP contribution >= 0.6 is 22.9 Å². The van der Waals surface area contributed by atoms with E-state index in [4.69, 9.17) is 11.6 Å². The van der Waals surface area contributed by atoms with E-state index in [2.05, 4.69) is 5.10 Å². The first kappa shape index (κ1) is 15.5. The zero-order chi connectivity index (χ0) is 15.9. The molecule has 1 aromatic carbocycles. The molecule has 0 unspecified atom stereocenters. The van der Waals surface area contributed by atoms with Crippen molar-refractivity contribution in [3.8, 4) is 0 Å². The van der Waals surface area contributed by atoms with Gasteiger partial charge in [0.1, 0.15) is 5.82 Å².